The molecule has 2 heterocycles. The highest BCUT2D eigenvalue weighted by Crippen LogP contribution is 2.27. The smallest absolute Gasteiger partial charge is 0.202 e. The van der Waals surface area contributed by atoms with Crippen LogP contribution in [-0.2, 0) is 5.41 Å². The Morgan fingerprint density at radius 1 is 1.05 bits per heavy atom. The van der Waals surface area contributed by atoms with Gasteiger partial charge in [0, 0.05) is 42.1 Å². The Labute approximate surface area is 138 Å². The van der Waals surface area contributed by atoms with Gasteiger partial charge in [-0.25, -0.2) is 4.98 Å². The Balaban J connectivity index is 1.48. The van der Waals surface area contributed by atoms with Crippen molar-refractivity contribution in [1.82, 2.24) is 14.3 Å². The summed E-state index contributed by atoms with van der Waals surface area (Å²) >= 11 is 1.51. The van der Waals surface area contributed by atoms with E-state index in [4.69, 9.17) is 0 Å². The fraction of sp³-hybridized carbons (Fsp3) is 0.882. The van der Waals surface area contributed by atoms with E-state index in [1.54, 1.807) is 0 Å². The van der Waals surface area contributed by atoms with Crippen LogP contribution in [0.4, 0.5) is 5.13 Å². The summed E-state index contributed by atoms with van der Waals surface area (Å²) in [4.78, 5) is 7.40. The van der Waals surface area contributed by atoms with Gasteiger partial charge in [0.2, 0.25) is 5.13 Å². The van der Waals surface area contributed by atoms with Crippen LogP contribution in [0.15, 0.2) is 0 Å². The van der Waals surface area contributed by atoms with Crippen LogP contribution in [0.2, 0.25) is 0 Å². The summed E-state index contributed by atoms with van der Waals surface area (Å²) in [5.41, 5.74) is 0.0424. The SMILES string of the molecule is CC(C)(C)c1nsc(NC2CCN(C3CCCCC3)CC2)n1. The quantitative estimate of drug-likeness (QED) is 0.911. The van der Waals surface area contributed by atoms with Gasteiger partial charge < -0.3 is 10.2 Å². The van der Waals surface area contributed by atoms with Crippen molar-refractivity contribution in [2.45, 2.75) is 83.2 Å². The summed E-state index contributed by atoms with van der Waals surface area (Å²) < 4.78 is 4.50. The van der Waals surface area contributed by atoms with Crippen LogP contribution in [0.25, 0.3) is 0 Å². The van der Waals surface area contributed by atoms with Gasteiger partial charge in [0.05, 0.1) is 0 Å². The van der Waals surface area contributed by atoms with Crippen molar-refractivity contribution < 1.29 is 0 Å². The lowest BCUT2D eigenvalue weighted by molar-refractivity contribution is 0.126. The van der Waals surface area contributed by atoms with Crippen LogP contribution < -0.4 is 5.32 Å². The molecular formula is C17H30N4S. The number of anilines is 1. The summed E-state index contributed by atoms with van der Waals surface area (Å²) in [6.07, 6.45) is 9.63. The van der Waals surface area contributed by atoms with Crippen molar-refractivity contribution in [1.29, 1.82) is 0 Å². The predicted octanol–water partition coefficient (Wildman–Crippen LogP) is 4.04. The number of hydrogen-bond acceptors (Lipinski definition) is 5. The molecule has 1 saturated carbocycles. The van der Waals surface area contributed by atoms with Crippen molar-refractivity contribution in [2.24, 2.45) is 0 Å². The van der Waals surface area contributed by atoms with E-state index in [2.05, 4.69) is 40.3 Å². The zero-order chi connectivity index (χ0) is 15.6. The summed E-state index contributed by atoms with van der Waals surface area (Å²) in [5, 5.41) is 4.62. The van der Waals surface area contributed by atoms with E-state index in [-0.39, 0.29) is 5.41 Å². The number of rotatable bonds is 3. The highest BCUT2D eigenvalue weighted by Gasteiger charge is 2.27. The third kappa shape index (κ3) is 3.99. The summed E-state index contributed by atoms with van der Waals surface area (Å²) in [6.45, 7) is 8.99. The molecule has 5 heteroatoms. The Morgan fingerprint density at radius 2 is 1.73 bits per heavy atom. The molecule has 22 heavy (non-hydrogen) atoms. The van der Waals surface area contributed by atoms with Gasteiger partial charge in [-0.2, -0.15) is 4.37 Å². The largest absolute Gasteiger partial charge is 0.357 e. The van der Waals surface area contributed by atoms with Gasteiger partial charge in [0.25, 0.3) is 0 Å². The van der Waals surface area contributed by atoms with Crippen LogP contribution in [0.1, 0.15) is 71.5 Å². The second-order valence-corrected chi connectivity index (χ2v) is 8.67. The molecule has 1 N–H and O–H groups in total. The van der Waals surface area contributed by atoms with Gasteiger partial charge >= 0.3 is 0 Å². The number of likely N-dealkylation sites (tertiary alicyclic amines) is 1. The second-order valence-electron chi connectivity index (χ2n) is 7.92. The average Bonchev–Trinajstić information content (AvgIpc) is 2.98. The van der Waals surface area contributed by atoms with E-state index < -0.39 is 0 Å². The Hall–Kier alpha value is -0.680. The number of piperidine rings is 1. The van der Waals surface area contributed by atoms with E-state index in [0.29, 0.717) is 6.04 Å². The Morgan fingerprint density at radius 3 is 2.32 bits per heavy atom. The van der Waals surface area contributed by atoms with Crippen molar-refractivity contribution in [3.8, 4) is 0 Å². The monoisotopic (exact) mass is 322 g/mol. The zero-order valence-electron chi connectivity index (χ0n) is 14.3. The minimum Gasteiger partial charge on any atom is -0.357 e. The average molecular weight is 323 g/mol. The van der Waals surface area contributed by atoms with Gasteiger partial charge in [-0.15, -0.1) is 0 Å². The zero-order valence-corrected chi connectivity index (χ0v) is 15.1. The van der Waals surface area contributed by atoms with Gasteiger partial charge in [0.15, 0.2) is 0 Å². The van der Waals surface area contributed by atoms with Gasteiger partial charge in [-0.1, -0.05) is 40.0 Å². The summed E-state index contributed by atoms with van der Waals surface area (Å²) in [6, 6.07) is 1.43. The Bertz CT molecular complexity index is 465. The van der Waals surface area contributed by atoms with E-state index >= 15 is 0 Å². The molecule has 1 saturated heterocycles. The number of hydrogen-bond donors (Lipinski definition) is 1. The topological polar surface area (TPSA) is 41.1 Å². The fourth-order valence-electron chi connectivity index (χ4n) is 3.62. The standard InChI is InChI=1S/C17H30N4S/c1-17(2,3)15-19-16(22-20-15)18-13-9-11-21(12-10-13)14-7-5-4-6-8-14/h13-14H,4-12H2,1-3H3,(H,18,19,20). The van der Waals surface area contributed by atoms with Crippen LogP contribution in [0.5, 0.6) is 0 Å². The minimum atomic E-state index is 0.0424. The molecule has 3 rings (SSSR count). The first-order valence-corrected chi connectivity index (χ1v) is 9.64. The van der Waals surface area contributed by atoms with Crippen molar-refractivity contribution in [3.05, 3.63) is 5.82 Å². The normalized spacial score (nSPS) is 22.9. The molecule has 4 nitrogen and oxygen atoms in total. The van der Waals surface area contributed by atoms with Crippen molar-refractivity contribution in [2.75, 3.05) is 18.4 Å². The Kier molecular flexibility index (Phi) is 5.03. The van der Waals surface area contributed by atoms with Crippen LogP contribution in [-0.4, -0.2) is 39.4 Å². The third-order valence-corrected chi connectivity index (χ3v) is 5.69. The molecule has 1 aromatic heterocycles. The molecule has 1 aliphatic heterocycles. The molecule has 1 aliphatic carbocycles. The first kappa shape index (κ1) is 16.2. The lowest BCUT2D eigenvalue weighted by atomic mass is 9.92. The van der Waals surface area contributed by atoms with E-state index in [9.17, 15) is 0 Å². The molecule has 0 unspecified atom stereocenters. The van der Waals surface area contributed by atoms with Crippen LogP contribution >= 0.6 is 11.5 Å². The highest BCUT2D eigenvalue weighted by atomic mass is 32.1. The lowest BCUT2D eigenvalue weighted by Gasteiger charge is -2.39. The number of nitrogens with zero attached hydrogens (tertiary/aromatic N) is 3. The lowest BCUT2D eigenvalue weighted by Crippen LogP contribution is -2.45. The summed E-state index contributed by atoms with van der Waals surface area (Å²) in [7, 11) is 0. The fourth-order valence-corrected chi connectivity index (χ4v) is 4.45. The molecule has 2 aliphatic rings. The second kappa shape index (κ2) is 6.83. The van der Waals surface area contributed by atoms with Gasteiger partial charge in [0.1, 0.15) is 5.82 Å². The predicted molar refractivity (Wildman–Crippen MR) is 93.7 cm³/mol. The molecule has 0 radical (unpaired) electrons. The van der Waals surface area contributed by atoms with E-state index in [1.165, 1.54) is 69.6 Å². The molecule has 0 spiro atoms. The van der Waals surface area contributed by atoms with Crippen molar-refractivity contribution >= 4 is 16.7 Å². The number of aromatic nitrogens is 2. The first-order chi connectivity index (χ1) is 10.5. The first-order valence-electron chi connectivity index (χ1n) is 8.87. The van der Waals surface area contributed by atoms with Crippen LogP contribution in [0, 0.1) is 0 Å². The maximum Gasteiger partial charge on any atom is 0.202 e. The molecule has 124 valence electrons. The maximum atomic E-state index is 4.67. The van der Waals surface area contributed by atoms with Crippen molar-refractivity contribution in [3.63, 3.8) is 0 Å². The number of nitrogens with one attached hydrogen (secondary N) is 1. The molecule has 0 atom stereocenters. The van der Waals surface area contributed by atoms with E-state index in [1.807, 2.05) is 0 Å². The third-order valence-electron chi connectivity index (χ3n) is 5.05. The minimum absolute atomic E-state index is 0.0424. The summed E-state index contributed by atoms with van der Waals surface area (Å²) in [5.74, 6) is 0.958. The highest BCUT2D eigenvalue weighted by molar-refractivity contribution is 7.09. The maximum absolute atomic E-state index is 4.67. The molecular weight excluding hydrogens is 292 g/mol. The van der Waals surface area contributed by atoms with Gasteiger partial charge in [-0.3, -0.25) is 0 Å². The van der Waals surface area contributed by atoms with E-state index in [0.717, 1.165) is 17.0 Å². The molecule has 0 bridgehead atoms. The molecule has 2 fully saturated rings. The van der Waals surface area contributed by atoms with Crippen LogP contribution in [0.3, 0.4) is 0 Å². The molecule has 0 aromatic carbocycles. The molecule has 1 aromatic rings. The molecule has 0 amide bonds. The van der Waals surface area contributed by atoms with Gasteiger partial charge in [-0.05, 0) is 25.7 Å².